The molecule has 7 nitrogen and oxygen atoms in total. The van der Waals surface area contributed by atoms with Crippen molar-refractivity contribution >= 4 is 17.6 Å². The number of amides is 2. The second-order valence-corrected chi connectivity index (χ2v) is 5.41. The monoisotopic (exact) mass is 268 g/mol. The number of carbonyl (C=O) groups is 2. The SMILES string of the molecule is NC(=O)C1CCCN(C(=O)C2(C(N)=NO)CCC2)C1. The maximum Gasteiger partial charge on any atom is 0.236 e. The van der Waals surface area contributed by atoms with Crippen molar-refractivity contribution in [3.8, 4) is 0 Å². The van der Waals surface area contributed by atoms with Gasteiger partial charge in [-0.2, -0.15) is 0 Å². The van der Waals surface area contributed by atoms with E-state index >= 15 is 0 Å². The predicted octanol–water partition coefficient (Wildman–Crippen LogP) is -0.373. The Morgan fingerprint density at radius 2 is 1.95 bits per heavy atom. The molecule has 0 aromatic carbocycles. The van der Waals surface area contributed by atoms with Gasteiger partial charge in [-0.1, -0.05) is 11.6 Å². The largest absolute Gasteiger partial charge is 0.409 e. The number of likely N-dealkylation sites (tertiary alicyclic amines) is 1. The molecule has 1 aliphatic carbocycles. The summed E-state index contributed by atoms with van der Waals surface area (Å²) in [4.78, 5) is 25.4. The number of carbonyl (C=O) groups excluding carboxylic acids is 2. The molecule has 0 aromatic heterocycles. The van der Waals surface area contributed by atoms with Gasteiger partial charge in [-0.05, 0) is 25.7 Å². The molecule has 106 valence electrons. The zero-order chi connectivity index (χ0) is 14.0. The normalized spacial score (nSPS) is 26.6. The first-order valence-corrected chi connectivity index (χ1v) is 6.58. The van der Waals surface area contributed by atoms with Crippen LogP contribution in [-0.2, 0) is 9.59 Å². The first kappa shape index (κ1) is 13.6. The van der Waals surface area contributed by atoms with Crippen molar-refractivity contribution in [1.82, 2.24) is 4.90 Å². The van der Waals surface area contributed by atoms with Crippen molar-refractivity contribution in [2.75, 3.05) is 13.1 Å². The molecular weight excluding hydrogens is 248 g/mol. The van der Waals surface area contributed by atoms with Crippen molar-refractivity contribution in [3.05, 3.63) is 0 Å². The van der Waals surface area contributed by atoms with Crippen LogP contribution >= 0.6 is 0 Å². The molecule has 2 fully saturated rings. The van der Waals surface area contributed by atoms with Crippen LogP contribution in [0.15, 0.2) is 5.16 Å². The second kappa shape index (κ2) is 5.07. The highest BCUT2D eigenvalue weighted by atomic mass is 16.4. The Morgan fingerprint density at radius 1 is 1.26 bits per heavy atom. The fourth-order valence-corrected chi connectivity index (χ4v) is 2.90. The first-order valence-electron chi connectivity index (χ1n) is 6.58. The van der Waals surface area contributed by atoms with Gasteiger partial charge < -0.3 is 21.6 Å². The second-order valence-electron chi connectivity index (χ2n) is 5.41. The molecule has 0 radical (unpaired) electrons. The van der Waals surface area contributed by atoms with Crippen molar-refractivity contribution < 1.29 is 14.8 Å². The molecule has 1 saturated heterocycles. The summed E-state index contributed by atoms with van der Waals surface area (Å²) < 4.78 is 0. The third-order valence-corrected chi connectivity index (χ3v) is 4.33. The summed E-state index contributed by atoms with van der Waals surface area (Å²) in [7, 11) is 0. The minimum absolute atomic E-state index is 0.0232. The van der Waals surface area contributed by atoms with E-state index in [1.54, 1.807) is 4.90 Å². The van der Waals surface area contributed by atoms with E-state index in [9.17, 15) is 9.59 Å². The summed E-state index contributed by atoms with van der Waals surface area (Å²) in [6.07, 6.45) is 3.55. The fraction of sp³-hybridized carbons (Fsp3) is 0.750. The molecule has 7 heteroatoms. The zero-order valence-electron chi connectivity index (χ0n) is 10.8. The molecule has 5 N–H and O–H groups in total. The standard InChI is InChI=1S/C12H20N4O3/c13-9(17)8-3-1-6-16(7-8)11(18)12(4-2-5-12)10(14)15-19/h8,19H,1-7H2,(H2,13,17)(H2,14,15). The van der Waals surface area contributed by atoms with Crippen LogP contribution in [0, 0.1) is 11.3 Å². The summed E-state index contributed by atoms with van der Waals surface area (Å²) in [5.74, 6) is -0.823. The maximum absolute atomic E-state index is 12.6. The van der Waals surface area contributed by atoms with Gasteiger partial charge in [-0.25, -0.2) is 0 Å². The Morgan fingerprint density at radius 3 is 2.42 bits per heavy atom. The average molecular weight is 268 g/mol. The van der Waals surface area contributed by atoms with Crippen LogP contribution in [0.3, 0.4) is 0 Å². The lowest BCUT2D eigenvalue weighted by Crippen LogP contribution is -2.57. The number of amidine groups is 1. The van der Waals surface area contributed by atoms with Gasteiger partial charge in [-0.15, -0.1) is 0 Å². The van der Waals surface area contributed by atoms with Gasteiger partial charge in [0.1, 0.15) is 5.41 Å². The number of hydrogen-bond donors (Lipinski definition) is 3. The van der Waals surface area contributed by atoms with Crippen molar-refractivity contribution in [2.24, 2.45) is 28.0 Å². The van der Waals surface area contributed by atoms with E-state index in [-0.39, 0.29) is 23.6 Å². The molecule has 1 unspecified atom stereocenters. The molecule has 0 spiro atoms. The summed E-state index contributed by atoms with van der Waals surface area (Å²) >= 11 is 0. The molecule has 0 bridgehead atoms. The third kappa shape index (κ3) is 2.24. The number of hydrogen-bond acceptors (Lipinski definition) is 4. The summed E-state index contributed by atoms with van der Waals surface area (Å²) in [5, 5.41) is 11.8. The van der Waals surface area contributed by atoms with E-state index in [2.05, 4.69) is 5.16 Å². The summed E-state index contributed by atoms with van der Waals surface area (Å²) in [5.41, 5.74) is 10.1. The number of primary amides is 1. The van der Waals surface area contributed by atoms with Crippen molar-refractivity contribution in [2.45, 2.75) is 32.1 Å². The third-order valence-electron chi connectivity index (χ3n) is 4.33. The van der Waals surface area contributed by atoms with Gasteiger partial charge in [0.2, 0.25) is 11.8 Å². The molecule has 1 atom stereocenters. The lowest BCUT2D eigenvalue weighted by Gasteiger charge is -2.44. The van der Waals surface area contributed by atoms with Crippen LogP contribution in [0.5, 0.6) is 0 Å². The number of rotatable bonds is 3. The molecule has 2 amide bonds. The van der Waals surface area contributed by atoms with Crippen LogP contribution in [0.1, 0.15) is 32.1 Å². The molecule has 1 saturated carbocycles. The lowest BCUT2D eigenvalue weighted by molar-refractivity contribution is -0.145. The maximum atomic E-state index is 12.6. The first-order chi connectivity index (χ1) is 9.01. The van der Waals surface area contributed by atoms with E-state index < -0.39 is 5.41 Å². The fourth-order valence-electron chi connectivity index (χ4n) is 2.90. The molecular formula is C12H20N4O3. The van der Waals surface area contributed by atoms with Gasteiger partial charge in [0.25, 0.3) is 0 Å². The molecule has 1 aliphatic heterocycles. The van der Waals surface area contributed by atoms with Gasteiger partial charge in [0.15, 0.2) is 5.84 Å². The topological polar surface area (TPSA) is 122 Å². The molecule has 2 aliphatic rings. The van der Waals surface area contributed by atoms with E-state index in [0.29, 0.717) is 25.9 Å². The van der Waals surface area contributed by atoms with Crippen molar-refractivity contribution in [3.63, 3.8) is 0 Å². The van der Waals surface area contributed by atoms with Gasteiger partial charge in [0.05, 0.1) is 5.92 Å². The van der Waals surface area contributed by atoms with Crippen LogP contribution in [-0.4, -0.2) is 40.8 Å². The smallest absolute Gasteiger partial charge is 0.236 e. The Hall–Kier alpha value is -1.79. The molecule has 19 heavy (non-hydrogen) atoms. The van der Waals surface area contributed by atoms with E-state index in [0.717, 1.165) is 19.3 Å². The van der Waals surface area contributed by atoms with Crippen LogP contribution in [0.25, 0.3) is 0 Å². The van der Waals surface area contributed by atoms with Crippen LogP contribution in [0.4, 0.5) is 0 Å². The molecule has 2 rings (SSSR count). The number of piperidine rings is 1. The number of oxime groups is 1. The summed E-state index contributed by atoms with van der Waals surface area (Å²) in [6.45, 7) is 0.942. The molecule has 0 aromatic rings. The number of nitrogens with two attached hydrogens (primary N) is 2. The Bertz CT molecular complexity index is 417. The number of nitrogens with zero attached hydrogens (tertiary/aromatic N) is 2. The zero-order valence-corrected chi connectivity index (χ0v) is 10.8. The Balaban J connectivity index is 2.12. The van der Waals surface area contributed by atoms with Gasteiger partial charge in [0, 0.05) is 13.1 Å². The Kier molecular flexibility index (Phi) is 3.64. The minimum Gasteiger partial charge on any atom is -0.409 e. The predicted molar refractivity (Wildman–Crippen MR) is 68.2 cm³/mol. The van der Waals surface area contributed by atoms with Crippen molar-refractivity contribution in [1.29, 1.82) is 0 Å². The average Bonchev–Trinajstić information content (AvgIpc) is 2.37. The van der Waals surface area contributed by atoms with E-state index in [1.165, 1.54) is 0 Å². The van der Waals surface area contributed by atoms with Gasteiger partial charge >= 0.3 is 0 Å². The molecule has 1 heterocycles. The van der Waals surface area contributed by atoms with Gasteiger partial charge in [-0.3, -0.25) is 9.59 Å². The highest BCUT2D eigenvalue weighted by Crippen LogP contribution is 2.43. The Labute approximate surface area is 111 Å². The highest BCUT2D eigenvalue weighted by Gasteiger charge is 2.50. The highest BCUT2D eigenvalue weighted by molar-refractivity contribution is 6.07. The van der Waals surface area contributed by atoms with Crippen LogP contribution < -0.4 is 11.5 Å². The lowest BCUT2D eigenvalue weighted by atomic mass is 9.66. The van der Waals surface area contributed by atoms with Crippen LogP contribution in [0.2, 0.25) is 0 Å². The van der Waals surface area contributed by atoms with E-state index in [4.69, 9.17) is 16.7 Å². The quantitative estimate of drug-likeness (QED) is 0.279. The van der Waals surface area contributed by atoms with E-state index in [1.807, 2.05) is 0 Å². The minimum atomic E-state index is -0.867. The summed E-state index contributed by atoms with van der Waals surface area (Å²) in [6, 6.07) is 0.